The van der Waals surface area contributed by atoms with Gasteiger partial charge >= 0.3 is 5.97 Å². The second-order valence-electron chi connectivity index (χ2n) is 4.76. The maximum absolute atomic E-state index is 10.6. The summed E-state index contributed by atoms with van der Waals surface area (Å²) in [6, 6.07) is 7.74. The van der Waals surface area contributed by atoms with Crippen molar-refractivity contribution >= 4 is 17.7 Å². The highest BCUT2D eigenvalue weighted by molar-refractivity contribution is 5.87. The number of benzene rings is 1. The summed E-state index contributed by atoms with van der Waals surface area (Å²) in [6.45, 7) is 1.50. The molecule has 1 fully saturated rings. The number of hydrogen-bond acceptors (Lipinski definition) is 2. The largest absolute Gasteiger partial charge is 0.478 e. The number of aliphatic carboxylic acids is 1. The first-order chi connectivity index (χ1) is 9.20. The van der Waals surface area contributed by atoms with Crippen LogP contribution >= 0.6 is 0 Å². The molecular weight excluding hydrogens is 238 g/mol. The van der Waals surface area contributed by atoms with Gasteiger partial charge in [-0.2, -0.15) is 0 Å². The molecule has 1 aromatic carbocycles. The van der Waals surface area contributed by atoms with Gasteiger partial charge in [0.15, 0.2) is 0 Å². The minimum atomic E-state index is -0.944. The van der Waals surface area contributed by atoms with Crippen molar-refractivity contribution in [3.05, 3.63) is 35.9 Å². The summed E-state index contributed by atoms with van der Waals surface area (Å²) >= 11 is 0. The highest BCUT2D eigenvalue weighted by atomic mass is 16.4. The topological polar surface area (TPSA) is 40.5 Å². The molecule has 1 aliphatic carbocycles. The van der Waals surface area contributed by atoms with E-state index in [9.17, 15) is 4.79 Å². The van der Waals surface area contributed by atoms with E-state index in [-0.39, 0.29) is 0 Å². The predicted molar refractivity (Wildman–Crippen MR) is 76.9 cm³/mol. The van der Waals surface area contributed by atoms with Crippen LogP contribution in [0.2, 0.25) is 0 Å². The van der Waals surface area contributed by atoms with Gasteiger partial charge in [-0.1, -0.05) is 24.1 Å². The molecule has 0 radical (unpaired) electrons. The molecule has 0 atom stereocenters. The van der Waals surface area contributed by atoms with E-state index in [0.717, 1.165) is 29.8 Å². The van der Waals surface area contributed by atoms with Gasteiger partial charge in [-0.25, -0.2) is 4.79 Å². The summed E-state index contributed by atoms with van der Waals surface area (Å²) in [6.07, 6.45) is 10.7. The van der Waals surface area contributed by atoms with Crippen LogP contribution in [0.4, 0.5) is 5.69 Å². The van der Waals surface area contributed by atoms with Gasteiger partial charge in [-0.3, -0.25) is 0 Å². The van der Waals surface area contributed by atoms with Crippen molar-refractivity contribution in [3.63, 3.8) is 0 Å². The van der Waals surface area contributed by atoms with E-state index in [0.29, 0.717) is 6.54 Å². The van der Waals surface area contributed by atoms with E-state index in [2.05, 4.69) is 10.8 Å². The Morgan fingerprint density at radius 2 is 2.21 bits per heavy atom. The number of rotatable bonds is 6. The predicted octanol–water partition coefficient (Wildman–Crippen LogP) is 2.63. The quantitative estimate of drug-likeness (QED) is 0.627. The van der Waals surface area contributed by atoms with E-state index in [4.69, 9.17) is 11.5 Å². The maximum atomic E-state index is 10.6. The molecule has 1 aromatic rings. The Bertz CT molecular complexity index is 524. The fraction of sp³-hybridized carbons (Fsp3) is 0.312. The normalized spacial score (nSPS) is 14.3. The molecule has 0 aromatic heterocycles. The Morgan fingerprint density at radius 1 is 1.47 bits per heavy atom. The number of terminal acetylenes is 1. The van der Waals surface area contributed by atoms with Gasteiger partial charge < -0.3 is 10.0 Å². The Morgan fingerprint density at radius 3 is 2.84 bits per heavy atom. The third kappa shape index (κ3) is 3.89. The number of para-hydroxylation sites is 1. The van der Waals surface area contributed by atoms with Crippen LogP contribution < -0.4 is 4.90 Å². The lowest BCUT2D eigenvalue weighted by atomic mass is 10.1. The van der Waals surface area contributed by atoms with Crippen molar-refractivity contribution in [2.24, 2.45) is 5.92 Å². The lowest BCUT2D eigenvalue weighted by Gasteiger charge is -2.24. The second kappa shape index (κ2) is 6.10. The van der Waals surface area contributed by atoms with Gasteiger partial charge in [0, 0.05) is 18.3 Å². The molecule has 2 rings (SSSR count). The van der Waals surface area contributed by atoms with Crippen molar-refractivity contribution in [2.45, 2.75) is 12.8 Å². The minimum Gasteiger partial charge on any atom is -0.478 e. The first-order valence-corrected chi connectivity index (χ1v) is 6.39. The Labute approximate surface area is 113 Å². The molecular formula is C16H17NO2. The summed E-state index contributed by atoms with van der Waals surface area (Å²) in [5.41, 5.74) is 1.89. The van der Waals surface area contributed by atoms with Crippen molar-refractivity contribution in [1.82, 2.24) is 0 Å². The Hall–Kier alpha value is -2.21. The molecule has 0 unspecified atom stereocenters. The maximum Gasteiger partial charge on any atom is 0.328 e. The minimum absolute atomic E-state index is 0.550. The molecule has 0 aliphatic heterocycles. The monoisotopic (exact) mass is 255 g/mol. The molecule has 98 valence electrons. The molecule has 0 spiro atoms. The zero-order valence-corrected chi connectivity index (χ0v) is 10.7. The Balaban J connectivity index is 2.24. The van der Waals surface area contributed by atoms with Gasteiger partial charge in [-0.05, 0) is 36.5 Å². The van der Waals surface area contributed by atoms with Crippen molar-refractivity contribution in [2.75, 3.05) is 18.0 Å². The molecule has 0 heterocycles. The standard InChI is InChI=1S/C16H17NO2/c1-2-11-17(12-13-7-8-13)15-6-4-3-5-14(15)9-10-16(18)19/h1,3-6,9-10,13H,7-8,11-12H2,(H,18,19)/b10-9+. The molecule has 0 bridgehead atoms. The summed E-state index contributed by atoms with van der Waals surface area (Å²) in [5, 5.41) is 8.73. The third-order valence-electron chi connectivity index (χ3n) is 3.14. The highest BCUT2D eigenvalue weighted by Gasteiger charge is 2.24. The summed E-state index contributed by atoms with van der Waals surface area (Å²) < 4.78 is 0. The summed E-state index contributed by atoms with van der Waals surface area (Å²) in [7, 11) is 0. The third-order valence-corrected chi connectivity index (χ3v) is 3.14. The second-order valence-corrected chi connectivity index (χ2v) is 4.76. The van der Waals surface area contributed by atoms with Crippen LogP contribution in [0.25, 0.3) is 6.08 Å². The van der Waals surface area contributed by atoms with Crippen LogP contribution in [0.1, 0.15) is 18.4 Å². The molecule has 0 amide bonds. The van der Waals surface area contributed by atoms with E-state index in [1.54, 1.807) is 6.08 Å². The number of anilines is 1. The lowest BCUT2D eigenvalue weighted by Crippen LogP contribution is -2.26. The van der Waals surface area contributed by atoms with E-state index in [1.807, 2.05) is 24.3 Å². The van der Waals surface area contributed by atoms with E-state index < -0.39 is 5.97 Å². The molecule has 1 N–H and O–H groups in total. The van der Waals surface area contributed by atoms with Crippen LogP contribution in [0, 0.1) is 18.3 Å². The average molecular weight is 255 g/mol. The number of nitrogens with zero attached hydrogens (tertiary/aromatic N) is 1. The van der Waals surface area contributed by atoms with Crippen LogP contribution in [0.15, 0.2) is 30.3 Å². The average Bonchev–Trinajstić information content (AvgIpc) is 3.20. The zero-order valence-electron chi connectivity index (χ0n) is 10.7. The molecule has 19 heavy (non-hydrogen) atoms. The fourth-order valence-electron chi connectivity index (χ4n) is 2.05. The molecule has 3 heteroatoms. The summed E-state index contributed by atoms with van der Waals surface area (Å²) in [4.78, 5) is 12.8. The molecule has 3 nitrogen and oxygen atoms in total. The molecule has 1 aliphatic rings. The molecule has 0 saturated heterocycles. The van der Waals surface area contributed by atoms with Crippen molar-refractivity contribution < 1.29 is 9.90 Å². The SMILES string of the molecule is C#CCN(CC1CC1)c1ccccc1/C=C/C(=O)O. The van der Waals surface area contributed by atoms with Gasteiger partial charge in [0.25, 0.3) is 0 Å². The zero-order chi connectivity index (χ0) is 13.7. The van der Waals surface area contributed by atoms with Crippen molar-refractivity contribution in [1.29, 1.82) is 0 Å². The number of carboxylic acids is 1. The van der Waals surface area contributed by atoms with Gasteiger partial charge in [-0.15, -0.1) is 6.42 Å². The van der Waals surface area contributed by atoms with Crippen LogP contribution in [-0.2, 0) is 4.79 Å². The van der Waals surface area contributed by atoms with Gasteiger partial charge in [0.05, 0.1) is 6.54 Å². The number of hydrogen-bond donors (Lipinski definition) is 1. The van der Waals surface area contributed by atoms with Crippen LogP contribution in [-0.4, -0.2) is 24.2 Å². The lowest BCUT2D eigenvalue weighted by molar-refractivity contribution is -0.131. The number of carboxylic acid groups (broad SMARTS) is 1. The Kier molecular flexibility index (Phi) is 4.25. The van der Waals surface area contributed by atoms with Gasteiger partial charge in [0.2, 0.25) is 0 Å². The number of carbonyl (C=O) groups is 1. The van der Waals surface area contributed by atoms with Gasteiger partial charge in [0.1, 0.15) is 0 Å². The molecule has 1 saturated carbocycles. The van der Waals surface area contributed by atoms with E-state index >= 15 is 0 Å². The fourth-order valence-corrected chi connectivity index (χ4v) is 2.05. The first-order valence-electron chi connectivity index (χ1n) is 6.39. The van der Waals surface area contributed by atoms with Crippen LogP contribution in [0.5, 0.6) is 0 Å². The summed E-state index contributed by atoms with van der Waals surface area (Å²) in [5.74, 6) is 2.46. The highest BCUT2D eigenvalue weighted by Crippen LogP contribution is 2.32. The van der Waals surface area contributed by atoms with E-state index in [1.165, 1.54) is 12.8 Å². The smallest absolute Gasteiger partial charge is 0.328 e. The van der Waals surface area contributed by atoms with Crippen LogP contribution in [0.3, 0.4) is 0 Å². The first kappa shape index (κ1) is 13.2. The van der Waals surface area contributed by atoms with Crippen molar-refractivity contribution in [3.8, 4) is 12.3 Å².